The molecule has 0 radical (unpaired) electrons. The minimum Gasteiger partial charge on any atom is -0.337 e. The van der Waals surface area contributed by atoms with Crippen molar-refractivity contribution in [1.29, 1.82) is 0 Å². The quantitative estimate of drug-likeness (QED) is 0.876. The maximum Gasteiger partial charge on any atom is 0.275 e. The molecular formula is C14H16BrN3O. The molecule has 1 aromatic heterocycles. The van der Waals surface area contributed by atoms with Gasteiger partial charge in [0.15, 0.2) is 5.69 Å². The third-order valence-electron chi connectivity index (χ3n) is 3.67. The van der Waals surface area contributed by atoms with E-state index >= 15 is 0 Å². The van der Waals surface area contributed by atoms with Gasteiger partial charge in [0, 0.05) is 22.9 Å². The van der Waals surface area contributed by atoms with Crippen molar-refractivity contribution in [2.24, 2.45) is 5.92 Å². The first kappa shape index (κ1) is 12.7. The van der Waals surface area contributed by atoms with Crippen molar-refractivity contribution in [3.05, 3.63) is 28.4 Å². The van der Waals surface area contributed by atoms with Gasteiger partial charge in [-0.2, -0.15) is 5.10 Å². The number of carbonyl (C=O) groups is 1. The summed E-state index contributed by atoms with van der Waals surface area (Å²) < 4.78 is 0.981. The van der Waals surface area contributed by atoms with E-state index in [2.05, 4.69) is 33.1 Å². The summed E-state index contributed by atoms with van der Waals surface area (Å²) in [4.78, 5) is 14.5. The predicted molar refractivity (Wildman–Crippen MR) is 78.1 cm³/mol. The Morgan fingerprint density at radius 3 is 3.16 bits per heavy atom. The summed E-state index contributed by atoms with van der Waals surface area (Å²) in [5, 5.41) is 8.03. The van der Waals surface area contributed by atoms with E-state index in [0.29, 0.717) is 11.6 Å². The fraction of sp³-hybridized carbons (Fsp3) is 0.429. The lowest BCUT2D eigenvalue weighted by atomic mass is 10.00. The molecule has 19 heavy (non-hydrogen) atoms. The van der Waals surface area contributed by atoms with E-state index in [-0.39, 0.29) is 5.91 Å². The summed E-state index contributed by atoms with van der Waals surface area (Å²) in [7, 11) is 0. The van der Waals surface area contributed by atoms with Gasteiger partial charge in [0.1, 0.15) is 0 Å². The van der Waals surface area contributed by atoms with Gasteiger partial charge >= 0.3 is 0 Å². The van der Waals surface area contributed by atoms with Crippen molar-refractivity contribution in [3.8, 4) is 0 Å². The van der Waals surface area contributed by atoms with Crippen LogP contribution in [0.2, 0.25) is 0 Å². The third-order valence-corrected chi connectivity index (χ3v) is 4.16. The molecule has 0 saturated carbocycles. The molecule has 1 amide bonds. The van der Waals surface area contributed by atoms with Crippen LogP contribution in [0.15, 0.2) is 22.7 Å². The average molecular weight is 322 g/mol. The summed E-state index contributed by atoms with van der Waals surface area (Å²) in [6.07, 6.45) is 2.29. The molecule has 1 N–H and O–H groups in total. The Morgan fingerprint density at radius 2 is 2.37 bits per heavy atom. The standard InChI is InChI=1S/C14H16BrN3O/c1-9-3-2-6-18(8-9)14(19)13-11-5-4-10(15)7-12(11)16-17-13/h4-5,7,9H,2-3,6,8H2,1H3,(H,16,17). The summed E-state index contributed by atoms with van der Waals surface area (Å²) in [6, 6.07) is 5.81. The van der Waals surface area contributed by atoms with Crippen molar-refractivity contribution in [2.75, 3.05) is 13.1 Å². The van der Waals surface area contributed by atoms with Crippen molar-refractivity contribution < 1.29 is 4.79 Å². The van der Waals surface area contributed by atoms with Crippen LogP contribution < -0.4 is 0 Å². The normalized spacial score (nSPS) is 19.9. The number of hydrogen-bond donors (Lipinski definition) is 1. The van der Waals surface area contributed by atoms with Gasteiger partial charge in [-0.25, -0.2) is 0 Å². The van der Waals surface area contributed by atoms with Gasteiger partial charge in [-0.1, -0.05) is 22.9 Å². The van der Waals surface area contributed by atoms with Crippen LogP contribution >= 0.6 is 15.9 Å². The SMILES string of the molecule is CC1CCCN(C(=O)c2n[nH]c3cc(Br)ccc23)C1. The first-order chi connectivity index (χ1) is 9.15. The first-order valence-corrected chi connectivity index (χ1v) is 7.37. The zero-order valence-corrected chi connectivity index (χ0v) is 12.4. The molecule has 2 aromatic rings. The Bertz CT molecular complexity index is 622. The number of H-pyrrole nitrogens is 1. The Balaban J connectivity index is 1.93. The molecule has 0 spiro atoms. The van der Waals surface area contributed by atoms with Crippen LogP contribution in [-0.2, 0) is 0 Å². The lowest BCUT2D eigenvalue weighted by molar-refractivity contribution is 0.0679. The van der Waals surface area contributed by atoms with Crippen molar-refractivity contribution in [2.45, 2.75) is 19.8 Å². The number of benzene rings is 1. The number of nitrogens with zero attached hydrogens (tertiary/aromatic N) is 2. The smallest absolute Gasteiger partial charge is 0.275 e. The van der Waals surface area contributed by atoms with E-state index in [1.54, 1.807) is 0 Å². The van der Waals surface area contributed by atoms with Gasteiger partial charge in [-0.15, -0.1) is 0 Å². The molecule has 1 atom stereocenters. The molecule has 1 aromatic carbocycles. The Morgan fingerprint density at radius 1 is 1.53 bits per heavy atom. The van der Waals surface area contributed by atoms with E-state index in [1.807, 2.05) is 23.1 Å². The van der Waals surface area contributed by atoms with Crippen LogP contribution in [-0.4, -0.2) is 34.1 Å². The molecule has 5 heteroatoms. The number of fused-ring (bicyclic) bond motifs is 1. The van der Waals surface area contributed by atoms with Crippen LogP contribution in [0, 0.1) is 5.92 Å². The van der Waals surface area contributed by atoms with E-state index in [4.69, 9.17) is 0 Å². The zero-order valence-electron chi connectivity index (χ0n) is 10.8. The van der Waals surface area contributed by atoms with Gasteiger partial charge in [0.05, 0.1) is 5.52 Å². The highest BCUT2D eigenvalue weighted by Gasteiger charge is 2.25. The molecule has 0 bridgehead atoms. The fourth-order valence-corrected chi connectivity index (χ4v) is 3.04. The number of hydrogen-bond acceptors (Lipinski definition) is 2. The van der Waals surface area contributed by atoms with E-state index in [9.17, 15) is 4.79 Å². The van der Waals surface area contributed by atoms with Gasteiger partial charge in [-0.05, 0) is 37.0 Å². The van der Waals surface area contributed by atoms with Gasteiger partial charge in [0.2, 0.25) is 0 Å². The summed E-state index contributed by atoms with van der Waals surface area (Å²) in [5.74, 6) is 0.622. The minimum atomic E-state index is 0.0418. The van der Waals surface area contributed by atoms with E-state index in [0.717, 1.165) is 34.9 Å². The third kappa shape index (κ3) is 2.39. The maximum absolute atomic E-state index is 12.5. The number of halogens is 1. The second-order valence-corrected chi connectivity index (χ2v) is 6.18. The number of likely N-dealkylation sites (tertiary alicyclic amines) is 1. The molecule has 2 heterocycles. The van der Waals surface area contributed by atoms with Crippen LogP contribution in [0.25, 0.3) is 10.9 Å². The molecule has 4 nitrogen and oxygen atoms in total. The summed E-state index contributed by atoms with van der Waals surface area (Å²) in [5.41, 5.74) is 1.43. The lowest BCUT2D eigenvalue weighted by Gasteiger charge is -2.30. The number of nitrogens with one attached hydrogen (secondary N) is 1. The molecule has 0 aliphatic carbocycles. The highest BCUT2D eigenvalue weighted by Crippen LogP contribution is 2.23. The summed E-state index contributed by atoms with van der Waals surface area (Å²) >= 11 is 3.42. The van der Waals surface area contributed by atoms with Gasteiger partial charge in [-0.3, -0.25) is 9.89 Å². The molecule has 1 unspecified atom stereocenters. The van der Waals surface area contributed by atoms with E-state index in [1.165, 1.54) is 6.42 Å². The van der Waals surface area contributed by atoms with Gasteiger partial charge in [0.25, 0.3) is 5.91 Å². The number of aromatic nitrogens is 2. The largest absolute Gasteiger partial charge is 0.337 e. The van der Waals surface area contributed by atoms with Crippen LogP contribution in [0.1, 0.15) is 30.3 Å². The predicted octanol–water partition coefficient (Wildman–Crippen LogP) is 3.20. The number of piperidine rings is 1. The number of amides is 1. The Labute approximate surface area is 120 Å². The van der Waals surface area contributed by atoms with Gasteiger partial charge < -0.3 is 4.90 Å². The molecule has 1 aliphatic heterocycles. The number of carbonyl (C=O) groups excluding carboxylic acids is 1. The minimum absolute atomic E-state index is 0.0418. The highest BCUT2D eigenvalue weighted by atomic mass is 79.9. The lowest BCUT2D eigenvalue weighted by Crippen LogP contribution is -2.39. The fourth-order valence-electron chi connectivity index (χ4n) is 2.68. The van der Waals surface area contributed by atoms with Crippen LogP contribution in [0.3, 0.4) is 0 Å². The molecule has 3 rings (SSSR count). The van der Waals surface area contributed by atoms with Crippen molar-refractivity contribution in [3.63, 3.8) is 0 Å². The van der Waals surface area contributed by atoms with E-state index < -0.39 is 0 Å². The molecule has 1 aliphatic rings. The number of aromatic amines is 1. The molecule has 100 valence electrons. The maximum atomic E-state index is 12.5. The average Bonchev–Trinajstić information content (AvgIpc) is 2.80. The van der Waals surface area contributed by atoms with Crippen molar-refractivity contribution in [1.82, 2.24) is 15.1 Å². The Kier molecular flexibility index (Phi) is 3.31. The summed E-state index contributed by atoms with van der Waals surface area (Å²) in [6.45, 7) is 3.87. The number of rotatable bonds is 1. The van der Waals surface area contributed by atoms with Crippen LogP contribution in [0.4, 0.5) is 0 Å². The molecular weight excluding hydrogens is 306 g/mol. The highest BCUT2D eigenvalue weighted by molar-refractivity contribution is 9.10. The molecule has 1 saturated heterocycles. The topological polar surface area (TPSA) is 49.0 Å². The second-order valence-electron chi connectivity index (χ2n) is 5.26. The van der Waals surface area contributed by atoms with Crippen molar-refractivity contribution >= 4 is 32.7 Å². The Hall–Kier alpha value is -1.36. The second kappa shape index (κ2) is 4.96. The zero-order chi connectivity index (χ0) is 13.4. The van der Waals surface area contributed by atoms with Crippen LogP contribution in [0.5, 0.6) is 0 Å². The monoisotopic (exact) mass is 321 g/mol. The first-order valence-electron chi connectivity index (χ1n) is 6.58. The molecule has 1 fully saturated rings.